The van der Waals surface area contributed by atoms with Gasteiger partial charge in [-0.1, -0.05) is 36.7 Å². The lowest BCUT2D eigenvalue weighted by Gasteiger charge is -2.31. The standard InChI is InChI=1S/C14H19ClO/c1-10-6-7-14(16)12(8-10)9-11-4-2-3-5-13(11)15/h2-5,10,12,14,16H,6-9H2,1H3. The topological polar surface area (TPSA) is 20.2 Å². The molecular weight excluding hydrogens is 220 g/mol. The van der Waals surface area contributed by atoms with Crippen molar-refractivity contribution in [3.8, 4) is 0 Å². The molecule has 1 nitrogen and oxygen atoms in total. The van der Waals surface area contributed by atoms with E-state index in [1.165, 1.54) is 5.56 Å². The van der Waals surface area contributed by atoms with E-state index in [1.807, 2.05) is 18.2 Å². The summed E-state index contributed by atoms with van der Waals surface area (Å²) in [4.78, 5) is 0. The quantitative estimate of drug-likeness (QED) is 0.834. The number of halogens is 1. The van der Waals surface area contributed by atoms with E-state index in [1.54, 1.807) is 0 Å². The SMILES string of the molecule is CC1CCC(O)C(Cc2ccccc2Cl)C1. The average molecular weight is 239 g/mol. The molecule has 1 aliphatic rings. The average Bonchev–Trinajstić information content (AvgIpc) is 2.27. The zero-order valence-electron chi connectivity index (χ0n) is 9.70. The summed E-state index contributed by atoms with van der Waals surface area (Å²) in [6, 6.07) is 7.95. The van der Waals surface area contributed by atoms with Crippen molar-refractivity contribution in [2.45, 2.75) is 38.7 Å². The van der Waals surface area contributed by atoms with E-state index < -0.39 is 0 Å². The second kappa shape index (κ2) is 5.20. The Balaban J connectivity index is 2.06. The van der Waals surface area contributed by atoms with Crippen LogP contribution < -0.4 is 0 Å². The molecule has 1 aliphatic carbocycles. The van der Waals surface area contributed by atoms with Crippen LogP contribution in [-0.4, -0.2) is 11.2 Å². The van der Waals surface area contributed by atoms with Crippen molar-refractivity contribution in [3.05, 3.63) is 34.9 Å². The van der Waals surface area contributed by atoms with Gasteiger partial charge in [0.25, 0.3) is 0 Å². The van der Waals surface area contributed by atoms with Crippen LogP contribution >= 0.6 is 11.6 Å². The first kappa shape index (κ1) is 11.9. The molecule has 0 aliphatic heterocycles. The Bertz CT molecular complexity index is 350. The van der Waals surface area contributed by atoms with Crippen LogP contribution in [0.15, 0.2) is 24.3 Å². The van der Waals surface area contributed by atoms with E-state index in [-0.39, 0.29) is 6.10 Å². The molecule has 88 valence electrons. The van der Waals surface area contributed by atoms with Crippen molar-refractivity contribution in [2.75, 3.05) is 0 Å². The molecule has 16 heavy (non-hydrogen) atoms. The second-order valence-electron chi connectivity index (χ2n) is 5.04. The third-order valence-corrected chi connectivity index (χ3v) is 4.01. The first-order valence-corrected chi connectivity index (χ1v) is 6.46. The van der Waals surface area contributed by atoms with Crippen LogP contribution in [0.3, 0.4) is 0 Å². The number of aliphatic hydroxyl groups is 1. The molecule has 0 aromatic heterocycles. The predicted molar refractivity (Wildman–Crippen MR) is 67.7 cm³/mol. The first-order valence-electron chi connectivity index (χ1n) is 6.08. The van der Waals surface area contributed by atoms with Gasteiger partial charge >= 0.3 is 0 Å². The maximum atomic E-state index is 10.00. The van der Waals surface area contributed by atoms with E-state index in [0.717, 1.165) is 36.6 Å². The fourth-order valence-electron chi connectivity index (χ4n) is 2.65. The largest absolute Gasteiger partial charge is 0.393 e. The van der Waals surface area contributed by atoms with Crippen molar-refractivity contribution in [3.63, 3.8) is 0 Å². The lowest BCUT2D eigenvalue weighted by Crippen LogP contribution is -2.29. The smallest absolute Gasteiger partial charge is 0.0571 e. The van der Waals surface area contributed by atoms with Gasteiger partial charge in [0, 0.05) is 5.02 Å². The van der Waals surface area contributed by atoms with Crippen LogP contribution in [0.25, 0.3) is 0 Å². The molecule has 1 fully saturated rings. The molecule has 3 unspecified atom stereocenters. The van der Waals surface area contributed by atoms with Crippen molar-refractivity contribution in [2.24, 2.45) is 11.8 Å². The minimum Gasteiger partial charge on any atom is -0.393 e. The van der Waals surface area contributed by atoms with Gasteiger partial charge < -0.3 is 5.11 Å². The zero-order chi connectivity index (χ0) is 11.5. The molecular formula is C14H19ClO. The molecule has 0 spiro atoms. The molecule has 3 atom stereocenters. The third kappa shape index (κ3) is 2.78. The van der Waals surface area contributed by atoms with Crippen molar-refractivity contribution in [1.82, 2.24) is 0 Å². The summed E-state index contributed by atoms with van der Waals surface area (Å²) in [6.07, 6.45) is 3.97. The summed E-state index contributed by atoms with van der Waals surface area (Å²) in [5.74, 6) is 1.11. The first-order chi connectivity index (χ1) is 7.66. The molecule has 0 heterocycles. The van der Waals surface area contributed by atoms with Crippen LogP contribution in [0.5, 0.6) is 0 Å². The van der Waals surface area contributed by atoms with E-state index >= 15 is 0 Å². The van der Waals surface area contributed by atoms with Gasteiger partial charge in [-0.3, -0.25) is 0 Å². The van der Waals surface area contributed by atoms with Crippen LogP contribution in [-0.2, 0) is 6.42 Å². The fourth-order valence-corrected chi connectivity index (χ4v) is 2.86. The molecule has 1 aromatic rings. The van der Waals surface area contributed by atoms with Crippen LogP contribution in [0.2, 0.25) is 5.02 Å². The number of hydrogen-bond donors (Lipinski definition) is 1. The summed E-state index contributed by atoms with van der Waals surface area (Å²) >= 11 is 6.15. The molecule has 0 radical (unpaired) electrons. The molecule has 0 amide bonds. The molecule has 2 rings (SSSR count). The lowest BCUT2D eigenvalue weighted by molar-refractivity contribution is 0.0519. The highest BCUT2D eigenvalue weighted by Crippen LogP contribution is 2.32. The van der Waals surface area contributed by atoms with Crippen LogP contribution in [0.4, 0.5) is 0 Å². The summed E-state index contributed by atoms with van der Waals surface area (Å²) in [5, 5.41) is 10.8. The minimum absolute atomic E-state index is 0.146. The zero-order valence-corrected chi connectivity index (χ0v) is 10.5. The molecule has 1 N–H and O–H groups in total. The fraction of sp³-hybridized carbons (Fsp3) is 0.571. The van der Waals surface area contributed by atoms with Gasteiger partial charge in [-0.15, -0.1) is 0 Å². The molecule has 2 heteroatoms. The highest BCUT2D eigenvalue weighted by molar-refractivity contribution is 6.31. The summed E-state index contributed by atoms with van der Waals surface area (Å²) in [6.45, 7) is 2.27. The maximum Gasteiger partial charge on any atom is 0.0571 e. The Kier molecular flexibility index (Phi) is 3.88. The highest BCUT2D eigenvalue weighted by Gasteiger charge is 2.27. The summed E-state index contributed by atoms with van der Waals surface area (Å²) in [7, 11) is 0. The third-order valence-electron chi connectivity index (χ3n) is 3.64. The normalized spacial score (nSPS) is 30.3. The molecule has 0 bridgehead atoms. The Morgan fingerprint density at radius 3 is 2.81 bits per heavy atom. The lowest BCUT2D eigenvalue weighted by atomic mass is 9.77. The molecule has 0 saturated heterocycles. The number of aliphatic hydroxyl groups excluding tert-OH is 1. The maximum absolute atomic E-state index is 10.00. The Hall–Kier alpha value is -0.530. The number of benzene rings is 1. The van der Waals surface area contributed by atoms with Gasteiger partial charge in [-0.05, 0) is 49.1 Å². The number of hydrogen-bond acceptors (Lipinski definition) is 1. The van der Waals surface area contributed by atoms with E-state index in [4.69, 9.17) is 11.6 Å². The Morgan fingerprint density at radius 2 is 2.06 bits per heavy atom. The van der Waals surface area contributed by atoms with Gasteiger partial charge in [0.05, 0.1) is 6.10 Å². The summed E-state index contributed by atoms with van der Waals surface area (Å²) in [5.41, 5.74) is 1.17. The van der Waals surface area contributed by atoms with Gasteiger partial charge in [0.15, 0.2) is 0 Å². The monoisotopic (exact) mass is 238 g/mol. The molecule has 1 aromatic carbocycles. The van der Waals surface area contributed by atoms with Gasteiger partial charge in [-0.2, -0.15) is 0 Å². The number of rotatable bonds is 2. The van der Waals surface area contributed by atoms with Crippen molar-refractivity contribution < 1.29 is 5.11 Å². The molecule has 1 saturated carbocycles. The Labute approximate surface area is 102 Å². The predicted octanol–water partition coefficient (Wildman–Crippen LogP) is 3.68. The highest BCUT2D eigenvalue weighted by atomic mass is 35.5. The van der Waals surface area contributed by atoms with E-state index in [2.05, 4.69) is 13.0 Å². The Morgan fingerprint density at radius 1 is 1.31 bits per heavy atom. The van der Waals surface area contributed by atoms with Gasteiger partial charge in [0.1, 0.15) is 0 Å². The van der Waals surface area contributed by atoms with Crippen LogP contribution in [0.1, 0.15) is 31.7 Å². The van der Waals surface area contributed by atoms with E-state index in [9.17, 15) is 5.11 Å². The van der Waals surface area contributed by atoms with Crippen molar-refractivity contribution >= 4 is 11.6 Å². The van der Waals surface area contributed by atoms with E-state index in [0.29, 0.717) is 5.92 Å². The second-order valence-corrected chi connectivity index (χ2v) is 5.45. The van der Waals surface area contributed by atoms with Crippen molar-refractivity contribution in [1.29, 1.82) is 0 Å². The minimum atomic E-state index is -0.146. The van der Waals surface area contributed by atoms with Gasteiger partial charge in [0.2, 0.25) is 0 Å². The van der Waals surface area contributed by atoms with Gasteiger partial charge in [-0.25, -0.2) is 0 Å². The van der Waals surface area contributed by atoms with Crippen LogP contribution in [0, 0.1) is 11.8 Å². The summed E-state index contributed by atoms with van der Waals surface area (Å²) < 4.78 is 0.